The van der Waals surface area contributed by atoms with Crippen LogP contribution in [0.5, 0.6) is 0 Å². The number of anilines is 3. The number of halogens is 2. The number of nitrogens with zero attached hydrogens (tertiary/aromatic N) is 3. The number of hydrogen-bond acceptors (Lipinski definition) is 6. The molecule has 0 unspecified atom stereocenters. The molecule has 5 N–H and O–H groups in total. The van der Waals surface area contributed by atoms with Gasteiger partial charge in [-0.05, 0) is 48.5 Å². The zero-order valence-corrected chi connectivity index (χ0v) is 19.3. The van der Waals surface area contributed by atoms with Crippen LogP contribution in [-0.4, -0.2) is 29.1 Å². The molecule has 1 amide bonds. The maximum absolute atomic E-state index is 13.4. The summed E-state index contributed by atoms with van der Waals surface area (Å²) in [5, 5.41) is 7.31. The molecule has 0 fully saturated rings. The van der Waals surface area contributed by atoms with Crippen molar-refractivity contribution < 1.29 is 17.6 Å². The standard InChI is InChI=1S/C21H19ClFN7O3S/c1-30-20(21(31)27-12-6-8-17(23)16(22)9-12)15-7-5-13(10-18(15)28-30)29-34(32,33)25-11-14-3-2-4-19(24)26-14/h2-10,25,29H,11H2,1H3,(H2,24,26)(H,27,31). The third-order valence-corrected chi connectivity index (χ3v) is 6.07. The van der Waals surface area contributed by atoms with E-state index in [1.165, 1.54) is 28.9 Å². The second-order valence-corrected chi connectivity index (χ2v) is 9.17. The van der Waals surface area contributed by atoms with Gasteiger partial charge in [0.05, 0.1) is 28.5 Å². The Morgan fingerprint density at radius 3 is 2.65 bits per heavy atom. The summed E-state index contributed by atoms with van der Waals surface area (Å²) in [6, 6.07) is 13.3. The second-order valence-electron chi connectivity index (χ2n) is 7.27. The van der Waals surface area contributed by atoms with Gasteiger partial charge in [-0.1, -0.05) is 17.7 Å². The number of fused-ring (bicyclic) bond motifs is 1. The number of amides is 1. The minimum absolute atomic E-state index is 0.0517. The van der Waals surface area contributed by atoms with Crippen LogP contribution in [0.2, 0.25) is 5.02 Å². The van der Waals surface area contributed by atoms with Crippen LogP contribution >= 0.6 is 11.6 Å². The third kappa shape index (κ3) is 5.25. The van der Waals surface area contributed by atoms with Crippen molar-refractivity contribution in [1.29, 1.82) is 0 Å². The van der Waals surface area contributed by atoms with E-state index < -0.39 is 21.9 Å². The molecule has 13 heteroatoms. The smallest absolute Gasteiger partial charge is 0.299 e. The molecule has 0 aliphatic rings. The molecule has 2 aromatic heterocycles. The van der Waals surface area contributed by atoms with E-state index in [1.807, 2.05) is 0 Å². The maximum Gasteiger partial charge on any atom is 0.299 e. The van der Waals surface area contributed by atoms with Gasteiger partial charge in [-0.25, -0.2) is 9.37 Å². The van der Waals surface area contributed by atoms with Gasteiger partial charge in [0.15, 0.2) is 0 Å². The highest BCUT2D eigenvalue weighted by atomic mass is 35.5. The Bertz CT molecular complexity index is 1510. The van der Waals surface area contributed by atoms with Crippen molar-refractivity contribution in [2.24, 2.45) is 7.05 Å². The van der Waals surface area contributed by atoms with Gasteiger partial charge in [0.2, 0.25) is 0 Å². The average molecular weight is 504 g/mol. The van der Waals surface area contributed by atoms with E-state index in [9.17, 15) is 17.6 Å². The first-order chi connectivity index (χ1) is 16.1. The zero-order chi connectivity index (χ0) is 24.5. The summed E-state index contributed by atoms with van der Waals surface area (Å²) in [6.45, 7) is -0.0517. The lowest BCUT2D eigenvalue weighted by molar-refractivity contribution is 0.101. The van der Waals surface area contributed by atoms with Crippen molar-refractivity contribution in [2.45, 2.75) is 6.54 Å². The molecule has 2 heterocycles. The Balaban J connectivity index is 1.51. The van der Waals surface area contributed by atoms with Gasteiger partial charge in [-0.15, -0.1) is 0 Å². The summed E-state index contributed by atoms with van der Waals surface area (Å²) in [5.41, 5.74) is 7.25. The van der Waals surface area contributed by atoms with E-state index >= 15 is 0 Å². The van der Waals surface area contributed by atoms with E-state index in [2.05, 4.69) is 24.8 Å². The molecule has 0 radical (unpaired) electrons. The molecule has 176 valence electrons. The summed E-state index contributed by atoms with van der Waals surface area (Å²) in [7, 11) is -2.34. The zero-order valence-electron chi connectivity index (χ0n) is 17.7. The molecule has 0 atom stereocenters. The van der Waals surface area contributed by atoms with Gasteiger partial charge in [0.1, 0.15) is 17.3 Å². The van der Waals surface area contributed by atoms with Crippen LogP contribution in [0.1, 0.15) is 16.2 Å². The predicted molar refractivity (Wildman–Crippen MR) is 128 cm³/mol. The Morgan fingerprint density at radius 2 is 1.91 bits per heavy atom. The lowest BCUT2D eigenvalue weighted by atomic mass is 10.2. The Kier molecular flexibility index (Phi) is 6.37. The van der Waals surface area contributed by atoms with Gasteiger partial charge in [0.25, 0.3) is 16.1 Å². The number of benzene rings is 2. The summed E-state index contributed by atoms with van der Waals surface area (Å²) < 4.78 is 44.4. The van der Waals surface area contributed by atoms with Crippen LogP contribution in [0, 0.1) is 5.82 Å². The Hall–Kier alpha value is -3.74. The largest absolute Gasteiger partial charge is 0.384 e. The first-order valence-corrected chi connectivity index (χ1v) is 11.7. The molecule has 0 aliphatic heterocycles. The normalized spacial score (nSPS) is 11.5. The molecule has 10 nitrogen and oxygen atoms in total. The van der Waals surface area contributed by atoms with Crippen LogP contribution in [0.3, 0.4) is 0 Å². The lowest BCUT2D eigenvalue weighted by Crippen LogP contribution is -2.30. The maximum atomic E-state index is 13.4. The number of carbonyl (C=O) groups is 1. The molecular formula is C21H19ClFN7O3S. The second kappa shape index (κ2) is 9.25. The quantitative estimate of drug-likeness (QED) is 0.305. The van der Waals surface area contributed by atoms with Crippen LogP contribution in [-0.2, 0) is 23.8 Å². The van der Waals surface area contributed by atoms with Crippen molar-refractivity contribution >= 4 is 55.8 Å². The number of pyridine rings is 1. The summed E-state index contributed by atoms with van der Waals surface area (Å²) in [6.07, 6.45) is 0. The van der Waals surface area contributed by atoms with Gasteiger partial charge < -0.3 is 11.1 Å². The highest BCUT2D eigenvalue weighted by molar-refractivity contribution is 7.90. The van der Waals surface area contributed by atoms with Crippen LogP contribution in [0.25, 0.3) is 10.9 Å². The van der Waals surface area contributed by atoms with Crippen molar-refractivity contribution in [3.05, 3.63) is 76.8 Å². The first kappa shape index (κ1) is 23.4. The number of aromatic nitrogens is 3. The molecule has 0 saturated heterocycles. The number of rotatable bonds is 7. The first-order valence-electron chi connectivity index (χ1n) is 9.83. The summed E-state index contributed by atoms with van der Waals surface area (Å²) in [5.74, 6) is -0.802. The Morgan fingerprint density at radius 1 is 1.15 bits per heavy atom. The SMILES string of the molecule is Cn1nc2cc(NS(=O)(=O)NCc3cccc(N)n3)ccc2c1C(=O)Nc1ccc(F)c(Cl)c1. The Labute approximate surface area is 199 Å². The van der Waals surface area contributed by atoms with E-state index in [1.54, 1.807) is 31.3 Å². The average Bonchev–Trinajstić information content (AvgIpc) is 3.10. The van der Waals surface area contributed by atoms with E-state index in [0.717, 1.165) is 6.07 Å². The fraction of sp³-hybridized carbons (Fsp3) is 0.0952. The van der Waals surface area contributed by atoms with Crippen molar-refractivity contribution in [3.63, 3.8) is 0 Å². The number of nitrogen functional groups attached to an aromatic ring is 1. The van der Waals surface area contributed by atoms with Crippen molar-refractivity contribution in [2.75, 3.05) is 15.8 Å². The molecule has 0 spiro atoms. The van der Waals surface area contributed by atoms with Crippen LogP contribution in [0.15, 0.2) is 54.6 Å². The van der Waals surface area contributed by atoms with Gasteiger partial charge in [0, 0.05) is 18.1 Å². The highest BCUT2D eigenvalue weighted by Crippen LogP contribution is 2.24. The summed E-state index contributed by atoms with van der Waals surface area (Å²) in [4.78, 5) is 16.9. The number of nitrogens with one attached hydrogen (secondary N) is 3. The molecule has 4 rings (SSSR count). The molecule has 34 heavy (non-hydrogen) atoms. The van der Waals surface area contributed by atoms with Crippen molar-refractivity contribution in [3.8, 4) is 0 Å². The number of nitrogens with two attached hydrogens (primary N) is 1. The van der Waals surface area contributed by atoms with E-state index in [-0.39, 0.29) is 28.8 Å². The molecule has 2 aromatic carbocycles. The van der Waals surface area contributed by atoms with E-state index in [0.29, 0.717) is 22.3 Å². The number of aryl methyl sites for hydroxylation is 1. The highest BCUT2D eigenvalue weighted by Gasteiger charge is 2.19. The monoisotopic (exact) mass is 503 g/mol. The van der Waals surface area contributed by atoms with Gasteiger partial charge in [-0.3, -0.25) is 14.2 Å². The molecule has 0 aliphatic carbocycles. The lowest BCUT2D eigenvalue weighted by Gasteiger charge is -2.09. The molecule has 4 aromatic rings. The minimum Gasteiger partial charge on any atom is -0.384 e. The van der Waals surface area contributed by atoms with Crippen molar-refractivity contribution in [1.82, 2.24) is 19.5 Å². The topological polar surface area (TPSA) is 144 Å². The fourth-order valence-electron chi connectivity index (χ4n) is 3.25. The van der Waals surface area contributed by atoms with Crippen LogP contribution < -0.4 is 20.5 Å². The van der Waals surface area contributed by atoms with Crippen LogP contribution in [0.4, 0.5) is 21.6 Å². The molecule has 0 saturated carbocycles. The fourth-order valence-corrected chi connectivity index (χ4v) is 4.28. The van der Waals surface area contributed by atoms with Gasteiger partial charge >= 0.3 is 0 Å². The predicted octanol–water partition coefficient (Wildman–Crippen LogP) is 3.04. The summed E-state index contributed by atoms with van der Waals surface area (Å²) >= 11 is 5.77. The van der Waals surface area contributed by atoms with E-state index in [4.69, 9.17) is 17.3 Å². The van der Waals surface area contributed by atoms with Gasteiger partial charge in [-0.2, -0.15) is 18.2 Å². The minimum atomic E-state index is -3.92. The number of carbonyl (C=O) groups excluding carboxylic acids is 1. The number of hydrogen-bond donors (Lipinski definition) is 4. The third-order valence-electron chi connectivity index (χ3n) is 4.75. The molecular weight excluding hydrogens is 485 g/mol. The molecule has 0 bridgehead atoms.